The van der Waals surface area contributed by atoms with Crippen LogP contribution in [-0.4, -0.2) is 24.1 Å². The lowest BCUT2D eigenvalue weighted by Gasteiger charge is -2.24. The van der Waals surface area contributed by atoms with Crippen LogP contribution in [0.4, 0.5) is 0 Å². The zero-order valence-electron chi connectivity index (χ0n) is 14.8. The van der Waals surface area contributed by atoms with E-state index in [9.17, 15) is 0 Å². The SMILES string of the molecule is CCSC1CCCC(NC)CCCCCCCC(CC)C1. The normalized spacial score (nSPS) is 30.7. The highest BCUT2D eigenvalue weighted by Crippen LogP contribution is 2.29. The van der Waals surface area contributed by atoms with Gasteiger partial charge in [0.15, 0.2) is 0 Å². The number of rotatable bonds is 4. The number of hydrogen-bond acceptors (Lipinski definition) is 2. The van der Waals surface area contributed by atoms with E-state index in [4.69, 9.17) is 0 Å². The molecular formula is C19H39NS. The summed E-state index contributed by atoms with van der Waals surface area (Å²) in [5, 5.41) is 4.46. The summed E-state index contributed by atoms with van der Waals surface area (Å²) in [6.07, 6.45) is 17.2. The van der Waals surface area contributed by atoms with Gasteiger partial charge in [-0.05, 0) is 44.4 Å². The summed E-state index contributed by atoms with van der Waals surface area (Å²) in [6, 6.07) is 0.766. The predicted octanol–water partition coefficient (Wildman–Crippen LogP) is 6.03. The molecule has 1 rings (SSSR count). The Labute approximate surface area is 138 Å². The van der Waals surface area contributed by atoms with Gasteiger partial charge < -0.3 is 5.32 Å². The Morgan fingerprint density at radius 3 is 2.19 bits per heavy atom. The minimum Gasteiger partial charge on any atom is -0.317 e. The molecule has 0 aliphatic heterocycles. The maximum atomic E-state index is 3.54. The molecule has 0 aromatic rings. The molecule has 21 heavy (non-hydrogen) atoms. The second kappa shape index (κ2) is 12.8. The van der Waals surface area contributed by atoms with Crippen LogP contribution in [0.25, 0.3) is 0 Å². The van der Waals surface area contributed by atoms with Gasteiger partial charge in [0, 0.05) is 11.3 Å². The summed E-state index contributed by atoms with van der Waals surface area (Å²) in [5.41, 5.74) is 0. The Balaban J connectivity index is 2.49. The molecule has 1 saturated carbocycles. The zero-order valence-corrected chi connectivity index (χ0v) is 15.6. The largest absolute Gasteiger partial charge is 0.317 e. The standard InChI is InChI=1S/C19H39NS/c1-4-17-12-9-7-6-8-10-13-18(20-3)14-11-15-19(16-17)21-5-2/h17-20H,4-16H2,1-3H3. The molecule has 126 valence electrons. The molecule has 1 aliphatic rings. The van der Waals surface area contributed by atoms with Gasteiger partial charge in [-0.2, -0.15) is 11.8 Å². The number of hydrogen-bond donors (Lipinski definition) is 1. The van der Waals surface area contributed by atoms with E-state index >= 15 is 0 Å². The molecule has 1 nitrogen and oxygen atoms in total. The van der Waals surface area contributed by atoms with Gasteiger partial charge in [0.1, 0.15) is 0 Å². The zero-order chi connectivity index (χ0) is 15.3. The molecule has 0 saturated heterocycles. The molecule has 0 amide bonds. The molecule has 0 aromatic heterocycles. The van der Waals surface area contributed by atoms with Gasteiger partial charge in [-0.1, -0.05) is 65.2 Å². The fourth-order valence-electron chi connectivity index (χ4n) is 3.74. The van der Waals surface area contributed by atoms with Crippen LogP contribution in [0.5, 0.6) is 0 Å². The lowest BCUT2D eigenvalue weighted by Crippen LogP contribution is -2.25. The molecule has 3 atom stereocenters. The van der Waals surface area contributed by atoms with Crippen molar-refractivity contribution in [3.63, 3.8) is 0 Å². The van der Waals surface area contributed by atoms with E-state index < -0.39 is 0 Å². The maximum absolute atomic E-state index is 3.54. The van der Waals surface area contributed by atoms with Gasteiger partial charge in [0.2, 0.25) is 0 Å². The molecule has 0 bridgehead atoms. The van der Waals surface area contributed by atoms with Crippen molar-refractivity contribution in [2.75, 3.05) is 12.8 Å². The fourth-order valence-corrected chi connectivity index (χ4v) is 4.96. The Kier molecular flexibility index (Phi) is 11.8. The van der Waals surface area contributed by atoms with Crippen molar-refractivity contribution in [1.29, 1.82) is 0 Å². The summed E-state index contributed by atoms with van der Waals surface area (Å²) in [4.78, 5) is 0. The van der Waals surface area contributed by atoms with Gasteiger partial charge in [-0.25, -0.2) is 0 Å². The predicted molar refractivity (Wildman–Crippen MR) is 99.3 cm³/mol. The molecule has 3 unspecified atom stereocenters. The summed E-state index contributed by atoms with van der Waals surface area (Å²) < 4.78 is 0. The Morgan fingerprint density at radius 1 is 0.857 bits per heavy atom. The van der Waals surface area contributed by atoms with Crippen LogP contribution in [0.3, 0.4) is 0 Å². The van der Waals surface area contributed by atoms with Crippen molar-refractivity contribution in [1.82, 2.24) is 5.32 Å². The van der Waals surface area contributed by atoms with E-state index in [1.807, 2.05) is 0 Å². The third-order valence-electron chi connectivity index (χ3n) is 5.23. The van der Waals surface area contributed by atoms with E-state index in [1.54, 1.807) is 0 Å². The molecule has 0 spiro atoms. The number of thioether (sulfide) groups is 1. The van der Waals surface area contributed by atoms with E-state index in [1.165, 1.54) is 82.8 Å². The van der Waals surface area contributed by atoms with Crippen LogP contribution >= 0.6 is 11.8 Å². The van der Waals surface area contributed by atoms with Gasteiger partial charge in [-0.3, -0.25) is 0 Å². The van der Waals surface area contributed by atoms with Crippen LogP contribution in [0.15, 0.2) is 0 Å². The Hall–Kier alpha value is 0.310. The second-order valence-electron chi connectivity index (χ2n) is 6.85. The molecule has 1 N–H and O–H groups in total. The number of nitrogens with one attached hydrogen (secondary N) is 1. The van der Waals surface area contributed by atoms with Crippen LogP contribution < -0.4 is 5.32 Å². The summed E-state index contributed by atoms with van der Waals surface area (Å²) >= 11 is 2.22. The quantitative estimate of drug-likeness (QED) is 0.680. The van der Waals surface area contributed by atoms with Crippen molar-refractivity contribution in [3.05, 3.63) is 0 Å². The summed E-state index contributed by atoms with van der Waals surface area (Å²) in [5.74, 6) is 2.27. The van der Waals surface area contributed by atoms with E-state index in [0.29, 0.717) is 0 Å². The monoisotopic (exact) mass is 313 g/mol. The average Bonchev–Trinajstić information content (AvgIpc) is 2.50. The van der Waals surface area contributed by atoms with Crippen molar-refractivity contribution in [3.8, 4) is 0 Å². The van der Waals surface area contributed by atoms with Gasteiger partial charge in [0.05, 0.1) is 0 Å². The molecule has 0 heterocycles. The average molecular weight is 314 g/mol. The Morgan fingerprint density at radius 2 is 1.52 bits per heavy atom. The topological polar surface area (TPSA) is 12.0 Å². The fraction of sp³-hybridized carbons (Fsp3) is 1.00. The maximum Gasteiger partial charge on any atom is 0.00640 e. The van der Waals surface area contributed by atoms with Crippen LogP contribution in [0.2, 0.25) is 0 Å². The minimum atomic E-state index is 0.766. The van der Waals surface area contributed by atoms with E-state index in [2.05, 4.69) is 38.0 Å². The lowest BCUT2D eigenvalue weighted by molar-refractivity contribution is 0.380. The van der Waals surface area contributed by atoms with Crippen LogP contribution in [-0.2, 0) is 0 Å². The lowest BCUT2D eigenvalue weighted by atomic mass is 9.91. The first-order valence-corrected chi connectivity index (χ1v) is 10.6. The van der Waals surface area contributed by atoms with E-state index in [0.717, 1.165) is 17.2 Å². The highest BCUT2D eigenvalue weighted by atomic mass is 32.2. The smallest absolute Gasteiger partial charge is 0.00640 e. The van der Waals surface area contributed by atoms with Gasteiger partial charge in [0.25, 0.3) is 0 Å². The molecule has 0 aromatic carbocycles. The highest BCUT2D eigenvalue weighted by Gasteiger charge is 2.16. The molecule has 0 radical (unpaired) electrons. The van der Waals surface area contributed by atoms with Crippen molar-refractivity contribution in [2.24, 2.45) is 5.92 Å². The van der Waals surface area contributed by atoms with Crippen LogP contribution in [0.1, 0.15) is 90.9 Å². The van der Waals surface area contributed by atoms with Crippen molar-refractivity contribution < 1.29 is 0 Å². The van der Waals surface area contributed by atoms with Crippen molar-refractivity contribution >= 4 is 11.8 Å². The third-order valence-corrected chi connectivity index (χ3v) is 6.46. The summed E-state index contributed by atoms with van der Waals surface area (Å²) in [6.45, 7) is 4.73. The van der Waals surface area contributed by atoms with E-state index in [-0.39, 0.29) is 0 Å². The third kappa shape index (κ3) is 9.13. The van der Waals surface area contributed by atoms with Crippen LogP contribution in [0, 0.1) is 5.92 Å². The molecule has 1 aliphatic carbocycles. The summed E-state index contributed by atoms with van der Waals surface area (Å²) in [7, 11) is 2.15. The highest BCUT2D eigenvalue weighted by molar-refractivity contribution is 7.99. The molecule has 1 fully saturated rings. The van der Waals surface area contributed by atoms with Gasteiger partial charge >= 0.3 is 0 Å². The minimum absolute atomic E-state index is 0.766. The first kappa shape index (κ1) is 19.4. The molecular weight excluding hydrogens is 274 g/mol. The van der Waals surface area contributed by atoms with Crippen molar-refractivity contribution in [2.45, 2.75) is 102 Å². The Bertz CT molecular complexity index is 232. The van der Waals surface area contributed by atoms with Gasteiger partial charge in [-0.15, -0.1) is 0 Å². The first-order valence-electron chi connectivity index (χ1n) is 9.59. The second-order valence-corrected chi connectivity index (χ2v) is 8.43. The molecule has 2 heteroatoms. The first-order chi connectivity index (χ1) is 10.3.